The summed E-state index contributed by atoms with van der Waals surface area (Å²) in [5.74, 6) is -3.05. The lowest BCUT2D eigenvalue weighted by atomic mass is 10.1. The summed E-state index contributed by atoms with van der Waals surface area (Å²) in [5.41, 5.74) is 4.57. The van der Waals surface area contributed by atoms with Crippen LogP contribution in [0.25, 0.3) is 0 Å². The summed E-state index contributed by atoms with van der Waals surface area (Å²) in [6.45, 7) is 2.97. The first-order valence-corrected chi connectivity index (χ1v) is 12.5. The SMILES string of the molecule is CC(C)(ON=C(C(=O)NC1C(=O)N2C=C(C[n+]3ccc(C(=O)O)cc3)CS[C@@H]12)c1nsc(N)n1)C(=O)O. The van der Waals surface area contributed by atoms with E-state index >= 15 is 0 Å². The number of pyridine rings is 1. The standard InChI is InChI=1S/C21H21N7O7S2/c1-21(2,19(33)34)35-25-12(14-24-20(22)37-26-14)15(29)23-13-16(30)28-8-10(9-36-17(13)28)7-27-5-3-11(4-6-27)18(31)32/h3-6,8,13,17H,7,9H2,1-2H3,(H4-,22,23,24,26,29,31,32,33,34)/p+1/t13?,17-/m0/s1. The van der Waals surface area contributed by atoms with Crippen LogP contribution >= 0.6 is 23.3 Å². The molecule has 2 aromatic heterocycles. The molecule has 14 nitrogen and oxygen atoms in total. The molecule has 194 valence electrons. The van der Waals surface area contributed by atoms with Gasteiger partial charge in [-0.05, 0) is 13.8 Å². The molecule has 0 spiro atoms. The molecule has 4 rings (SSSR count). The number of carbonyl (C=O) groups excluding carboxylic acids is 2. The van der Waals surface area contributed by atoms with E-state index in [4.69, 9.17) is 15.7 Å². The number of anilines is 1. The smallest absolute Gasteiger partial charge is 0.350 e. The third kappa shape index (κ3) is 5.54. The molecule has 0 bridgehead atoms. The van der Waals surface area contributed by atoms with Gasteiger partial charge >= 0.3 is 11.9 Å². The van der Waals surface area contributed by atoms with Crippen molar-refractivity contribution in [3.8, 4) is 0 Å². The Hall–Kier alpha value is -4.05. The number of carboxylic acid groups (broad SMARTS) is 2. The summed E-state index contributed by atoms with van der Waals surface area (Å²) in [6, 6.07) is 2.13. The van der Waals surface area contributed by atoms with Crippen LogP contribution in [0.5, 0.6) is 0 Å². The zero-order chi connectivity index (χ0) is 26.9. The highest BCUT2D eigenvalue weighted by atomic mass is 32.2. The molecular formula is C21H22N7O7S2+. The summed E-state index contributed by atoms with van der Waals surface area (Å²) in [4.78, 5) is 58.7. The number of hydrogen-bond donors (Lipinski definition) is 4. The van der Waals surface area contributed by atoms with E-state index in [0.717, 1.165) is 17.1 Å². The van der Waals surface area contributed by atoms with Gasteiger partial charge in [-0.1, -0.05) is 5.16 Å². The quantitative estimate of drug-likeness (QED) is 0.138. The molecule has 0 saturated carbocycles. The number of nitrogen functional groups attached to an aromatic ring is 1. The second-order valence-corrected chi connectivity index (χ2v) is 10.4. The number of rotatable bonds is 9. The molecule has 1 unspecified atom stereocenters. The topological polar surface area (TPSA) is 201 Å². The zero-order valence-corrected chi connectivity index (χ0v) is 21.2. The first-order chi connectivity index (χ1) is 17.5. The number of thioether (sulfide) groups is 1. The van der Waals surface area contributed by atoms with Crippen molar-refractivity contribution in [1.82, 2.24) is 19.6 Å². The molecular weight excluding hydrogens is 526 g/mol. The minimum atomic E-state index is -1.73. The number of fused-ring (bicyclic) bond motifs is 1. The van der Waals surface area contributed by atoms with Crippen molar-refractivity contribution in [2.24, 2.45) is 5.16 Å². The van der Waals surface area contributed by atoms with Crippen LogP contribution in [0.1, 0.15) is 30.0 Å². The first kappa shape index (κ1) is 26.0. The fourth-order valence-electron chi connectivity index (χ4n) is 3.31. The maximum Gasteiger partial charge on any atom is 0.350 e. The lowest BCUT2D eigenvalue weighted by Crippen LogP contribution is -2.69. The number of nitrogens with two attached hydrogens (primary N) is 1. The molecule has 0 aromatic carbocycles. The van der Waals surface area contributed by atoms with Crippen LogP contribution < -0.4 is 15.6 Å². The van der Waals surface area contributed by atoms with Gasteiger partial charge in [0.05, 0.1) is 5.56 Å². The lowest BCUT2D eigenvalue weighted by Gasteiger charge is -2.47. The van der Waals surface area contributed by atoms with Crippen molar-refractivity contribution in [1.29, 1.82) is 0 Å². The molecule has 2 amide bonds. The Bertz CT molecular complexity index is 1320. The number of nitrogens with one attached hydrogen (secondary N) is 1. The molecule has 4 heterocycles. The van der Waals surface area contributed by atoms with E-state index in [1.807, 2.05) is 0 Å². The van der Waals surface area contributed by atoms with Crippen LogP contribution in [0.2, 0.25) is 0 Å². The summed E-state index contributed by atoms with van der Waals surface area (Å²) in [7, 11) is 0. The highest BCUT2D eigenvalue weighted by Crippen LogP contribution is 2.36. The minimum Gasteiger partial charge on any atom is -0.478 e. The molecule has 1 saturated heterocycles. The second kappa shape index (κ2) is 10.1. The average molecular weight is 549 g/mol. The van der Waals surface area contributed by atoms with E-state index in [-0.39, 0.29) is 27.8 Å². The second-order valence-electron chi connectivity index (χ2n) is 8.55. The Morgan fingerprint density at radius 3 is 2.62 bits per heavy atom. The Balaban J connectivity index is 1.44. The molecule has 0 radical (unpaired) electrons. The number of aliphatic carboxylic acids is 1. The number of β-lactam (4-membered cyclic amide) rings is 1. The van der Waals surface area contributed by atoms with E-state index in [1.165, 1.54) is 42.6 Å². The molecule has 2 aliphatic rings. The van der Waals surface area contributed by atoms with Gasteiger partial charge in [-0.2, -0.15) is 9.36 Å². The van der Waals surface area contributed by atoms with Gasteiger partial charge in [0, 0.05) is 41.2 Å². The zero-order valence-electron chi connectivity index (χ0n) is 19.5. The maximum atomic E-state index is 13.0. The van der Waals surface area contributed by atoms with E-state index in [2.05, 4.69) is 19.8 Å². The number of nitrogens with zero attached hydrogens (tertiary/aromatic N) is 5. The summed E-state index contributed by atoms with van der Waals surface area (Å²) in [6.07, 6.45) is 5.02. The molecule has 2 atom stereocenters. The number of oxime groups is 1. The largest absolute Gasteiger partial charge is 0.478 e. The third-order valence-electron chi connectivity index (χ3n) is 5.40. The van der Waals surface area contributed by atoms with Gasteiger partial charge in [-0.15, -0.1) is 11.8 Å². The Morgan fingerprint density at radius 1 is 1.32 bits per heavy atom. The monoisotopic (exact) mass is 548 g/mol. The van der Waals surface area contributed by atoms with Crippen LogP contribution in [0.3, 0.4) is 0 Å². The molecule has 16 heteroatoms. The lowest BCUT2D eigenvalue weighted by molar-refractivity contribution is -0.689. The van der Waals surface area contributed by atoms with Gasteiger partial charge in [0.25, 0.3) is 11.8 Å². The highest BCUT2D eigenvalue weighted by molar-refractivity contribution is 8.00. The first-order valence-electron chi connectivity index (χ1n) is 10.7. The molecule has 37 heavy (non-hydrogen) atoms. The number of carbonyl (C=O) groups is 4. The predicted molar refractivity (Wildman–Crippen MR) is 130 cm³/mol. The Kier molecular flexibility index (Phi) is 7.13. The Morgan fingerprint density at radius 2 is 2.03 bits per heavy atom. The van der Waals surface area contributed by atoms with Crippen molar-refractivity contribution < 1.29 is 38.8 Å². The molecule has 0 aliphatic carbocycles. The van der Waals surface area contributed by atoms with Crippen molar-refractivity contribution >= 4 is 57.9 Å². The third-order valence-corrected chi connectivity index (χ3v) is 7.32. The van der Waals surface area contributed by atoms with E-state index < -0.39 is 35.2 Å². The van der Waals surface area contributed by atoms with Gasteiger partial charge in [-0.3, -0.25) is 9.59 Å². The van der Waals surface area contributed by atoms with Gasteiger partial charge in [0.2, 0.25) is 17.1 Å². The maximum absolute atomic E-state index is 13.0. The van der Waals surface area contributed by atoms with Crippen molar-refractivity contribution in [3.05, 3.63) is 47.7 Å². The number of aromatic carboxylic acids is 1. The summed E-state index contributed by atoms with van der Waals surface area (Å²) in [5, 5.41) is 24.3. The van der Waals surface area contributed by atoms with Crippen LogP contribution in [0, 0.1) is 0 Å². The predicted octanol–water partition coefficient (Wildman–Crippen LogP) is -0.326. The fourth-order valence-corrected chi connectivity index (χ4v) is 5.00. The van der Waals surface area contributed by atoms with E-state index in [1.54, 1.807) is 23.2 Å². The van der Waals surface area contributed by atoms with E-state index in [0.29, 0.717) is 12.3 Å². The average Bonchev–Trinajstić information content (AvgIpc) is 3.28. The number of carboxylic acids is 2. The highest BCUT2D eigenvalue weighted by Gasteiger charge is 2.50. The fraction of sp³-hybridized carbons (Fsp3) is 0.333. The van der Waals surface area contributed by atoms with Gasteiger partial charge in [0.1, 0.15) is 11.4 Å². The van der Waals surface area contributed by atoms with Crippen molar-refractivity contribution in [3.63, 3.8) is 0 Å². The van der Waals surface area contributed by atoms with Crippen LogP contribution in [-0.2, 0) is 25.8 Å². The van der Waals surface area contributed by atoms with Crippen molar-refractivity contribution in [2.75, 3.05) is 11.5 Å². The van der Waals surface area contributed by atoms with Crippen LogP contribution in [0.15, 0.2) is 41.5 Å². The van der Waals surface area contributed by atoms with Gasteiger partial charge in [-0.25, -0.2) is 14.2 Å². The van der Waals surface area contributed by atoms with Crippen molar-refractivity contribution in [2.45, 2.75) is 37.4 Å². The van der Waals surface area contributed by atoms with Crippen LogP contribution in [-0.4, -0.2) is 76.7 Å². The molecule has 5 N–H and O–H groups in total. The van der Waals surface area contributed by atoms with Gasteiger partial charge < -0.3 is 31.0 Å². The number of aromatic nitrogens is 3. The van der Waals surface area contributed by atoms with E-state index in [9.17, 15) is 24.3 Å². The number of amides is 2. The van der Waals surface area contributed by atoms with Crippen LogP contribution in [0.4, 0.5) is 5.13 Å². The number of hydrogen-bond acceptors (Lipinski definition) is 11. The molecule has 2 aliphatic heterocycles. The van der Waals surface area contributed by atoms with Gasteiger partial charge in [0.15, 0.2) is 24.1 Å². The summed E-state index contributed by atoms with van der Waals surface area (Å²) >= 11 is 2.27. The molecule has 1 fully saturated rings. The Labute approximate surface area is 218 Å². The summed E-state index contributed by atoms with van der Waals surface area (Å²) < 4.78 is 5.74. The molecule has 2 aromatic rings. The normalized spacial score (nSPS) is 19.4. The minimum absolute atomic E-state index is 0.0647.